The molecular formula is C23H25Cl2N7O. The third kappa shape index (κ3) is 4.13. The van der Waals surface area contributed by atoms with Gasteiger partial charge < -0.3 is 14.8 Å². The van der Waals surface area contributed by atoms with E-state index in [1.807, 2.05) is 36.7 Å². The van der Waals surface area contributed by atoms with Gasteiger partial charge in [-0.15, -0.1) is 0 Å². The van der Waals surface area contributed by atoms with Gasteiger partial charge in [-0.25, -0.2) is 14.8 Å². The molecule has 1 aromatic carbocycles. The molecule has 172 valence electrons. The van der Waals surface area contributed by atoms with Gasteiger partial charge in [-0.05, 0) is 43.0 Å². The first kappa shape index (κ1) is 19.6. The van der Waals surface area contributed by atoms with E-state index >= 15 is 0 Å². The number of nitrogens with zero attached hydrogens (tertiary/aromatic N) is 6. The molecule has 1 N–H and O–H groups in total. The summed E-state index contributed by atoms with van der Waals surface area (Å²) in [4.78, 5) is 29.1. The molecule has 8 nitrogen and oxygen atoms in total. The van der Waals surface area contributed by atoms with Crippen LogP contribution in [0.15, 0.2) is 43.0 Å². The van der Waals surface area contributed by atoms with Crippen LogP contribution in [0.1, 0.15) is 35.1 Å². The lowest BCUT2D eigenvalue weighted by molar-refractivity contribution is 0.229. The molecule has 2 aromatic heterocycles. The number of urea groups is 1. The van der Waals surface area contributed by atoms with E-state index in [0.717, 1.165) is 29.1 Å². The SMILES string of the molecule is [2H]C1([2H])[C@H](C(C)C)N(c2ccnc(NC3(c4cn(-c5cc(Cl)cc(Cl)c5)cn4)CC3)n2)C(=O)N1C. The molecule has 1 aliphatic carbocycles. The van der Waals surface area contributed by atoms with E-state index in [1.165, 1.54) is 11.9 Å². The van der Waals surface area contributed by atoms with E-state index < -0.39 is 24.1 Å². The Kier molecular flexibility index (Phi) is 4.86. The lowest BCUT2D eigenvalue weighted by atomic mass is 10.0. The molecule has 1 atom stereocenters. The predicted octanol–water partition coefficient (Wildman–Crippen LogP) is 4.97. The van der Waals surface area contributed by atoms with Crippen molar-refractivity contribution in [2.24, 2.45) is 5.92 Å². The third-order valence-electron chi connectivity index (χ3n) is 5.94. The van der Waals surface area contributed by atoms with Crippen LogP contribution in [-0.2, 0) is 5.54 Å². The molecule has 5 rings (SSSR count). The van der Waals surface area contributed by atoms with E-state index in [0.29, 0.717) is 21.8 Å². The number of likely N-dealkylation sites (N-methyl/N-ethyl adjacent to an activating group) is 1. The maximum atomic E-state index is 13.0. The van der Waals surface area contributed by atoms with Crippen LogP contribution in [0.25, 0.3) is 5.69 Å². The van der Waals surface area contributed by atoms with Crippen molar-refractivity contribution in [3.8, 4) is 5.69 Å². The van der Waals surface area contributed by atoms with E-state index in [9.17, 15) is 4.79 Å². The van der Waals surface area contributed by atoms with Crippen LogP contribution < -0.4 is 10.2 Å². The summed E-state index contributed by atoms with van der Waals surface area (Å²) < 4.78 is 18.8. The first-order chi connectivity index (χ1) is 16.5. The average Bonchev–Trinajstić information content (AvgIpc) is 3.32. The minimum absolute atomic E-state index is 0.121. The number of nitrogens with one attached hydrogen (secondary N) is 1. The zero-order valence-corrected chi connectivity index (χ0v) is 20.0. The Balaban J connectivity index is 1.42. The number of amides is 2. The quantitative estimate of drug-likeness (QED) is 0.530. The molecule has 2 aliphatic rings. The highest BCUT2D eigenvalue weighted by Crippen LogP contribution is 2.47. The van der Waals surface area contributed by atoms with Crippen molar-refractivity contribution in [3.63, 3.8) is 0 Å². The second-order valence-corrected chi connectivity index (χ2v) is 9.64. The van der Waals surface area contributed by atoms with Gasteiger partial charge in [0.05, 0.1) is 26.3 Å². The fourth-order valence-electron chi connectivity index (χ4n) is 4.01. The Morgan fingerprint density at radius 1 is 1.21 bits per heavy atom. The van der Waals surface area contributed by atoms with Gasteiger partial charge in [0.2, 0.25) is 5.95 Å². The molecule has 10 heteroatoms. The van der Waals surface area contributed by atoms with Crippen molar-refractivity contribution in [1.29, 1.82) is 0 Å². The highest BCUT2D eigenvalue weighted by Gasteiger charge is 2.47. The van der Waals surface area contributed by atoms with Crippen molar-refractivity contribution >= 4 is 41.0 Å². The van der Waals surface area contributed by atoms with Crippen LogP contribution in [0, 0.1) is 5.92 Å². The van der Waals surface area contributed by atoms with Gasteiger partial charge in [-0.3, -0.25) is 4.90 Å². The van der Waals surface area contributed by atoms with Gasteiger partial charge in [0.15, 0.2) is 0 Å². The maximum Gasteiger partial charge on any atom is 0.325 e. The Morgan fingerprint density at radius 3 is 2.61 bits per heavy atom. The number of carbonyl (C=O) groups excluding carboxylic acids is 1. The Morgan fingerprint density at radius 2 is 1.94 bits per heavy atom. The number of anilines is 2. The number of benzene rings is 1. The summed E-state index contributed by atoms with van der Waals surface area (Å²) in [7, 11) is 1.47. The molecule has 2 amide bonds. The van der Waals surface area contributed by atoms with Gasteiger partial charge in [0.1, 0.15) is 5.82 Å². The zero-order valence-electron chi connectivity index (χ0n) is 20.5. The predicted molar refractivity (Wildman–Crippen MR) is 129 cm³/mol. The van der Waals surface area contributed by atoms with Crippen molar-refractivity contribution in [3.05, 3.63) is 58.7 Å². The number of hydrogen-bond donors (Lipinski definition) is 1. The fourth-order valence-corrected chi connectivity index (χ4v) is 4.52. The van der Waals surface area contributed by atoms with Crippen LogP contribution >= 0.6 is 23.2 Å². The van der Waals surface area contributed by atoms with Crippen molar-refractivity contribution in [2.75, 3.05) is 23.8 Å². The molecule has 0 radical (unpaired) electrons. The summed E-state index contributed by atoms with van der Waals surface area (Å²) in [6.07, 6.45) is 6.90. The van der Waals surface area contributed by atoms with Crippen molar-refractivity contribution in [2.45, 2.75) is 38.3 Å². The second-order valence-electron chi connectivity index (χ2n) is 8.77. The minimum atomic E-state index is -1.82. The van der Waals surface area contributed by atoms with Crippen LogP contribution in [0.2, 0.25) is 10.0 Å². The van der Waals surface area contributed by atoms with E-state index in [2.05, 4.69) is 20.3 Å². The summed E-state index contributed by atoms with van der Waals surface area (Å²) in [5, 5.41) is 4.47. The van der Waals surface area contributed by atoms with Crippen LogP contribution in [0.4, 0.5) is 16.6 Å². The highest BCUT2D eigenvalue weighted by molar-refractivity contribution is 6.34. The second kappa shape index (κ2) is 8.18. The average molecular weight is 488 g/mol. The van der Waals surface area contributed by atoms with Gasteiger partial charge in [0, 0.05) is 41.7 Å². The molecular weight excluding hydrogens is 461 g/mol. The molecule has 33 heavy (non-hydrogen) atoms. The molecule has 1 saturated carbocycles. The smallest absolute Gasteiger partial charge is 0.325 e. The maximum absolute atomic E-state index is 13.0. The Bertz CT molecular complexity index is 1270. The summed E-state index contributed by atoms with van der Waals surface area (Å²) in [6.45, 7) is 1.97. The molecule has 0 spiro atoms. The first-order valence-electron chi connectivity index (χ1n) is 11.7. The van der Waals surface area contributed by atoms with E-state index in [-0.39, 0.29) is 5.92 Å². The third-order valence-corrected chi connectivity index (χ3v) is 6.37. The monoisotopic (exact) mass is 487 g/mol. The molecule has 0 bridgehead atoms. The zero-order chi connectivity index (χ0) is 25.1. The Hall–Kier alpha value is -2.84. The Labute approximate surface area is 205 Å². The van der Waals surface area contributed by atoms with Crippen LogP contribution in [0.3, 0.4) is 0 Å². The van der Waals surface area contributed by atoms with Gasteiger partial charge in [0.25, 0.3) is 0 Å². The molecule has 3 heterocycles. The van der Waals surface area contributed by atoms with Gasteiger partial charge in [-0.1, -0.05) is 37.0 Å². The minimum Gasteiger partial charge on any atom is -0.343 e. The number of rotatable bonds is 6. The largest absolute Gasteiger partial charge is 0.343 e. The summed E-state index contributed by atoms with van der Waals surface area (Å²) >= 11 is 12.3. The topological polar surface area (TPSA) is 79.2 Å². The lowest BCUT2D eigenvalue weighted by Crippen LogP contribution is -2.38. The number of hydrogen-bond acceptors (Lipinski definition) is 5. The summed E-state index contributed by atoms with van der Waals surface area (Å²) in [5.74, 6) is 0.587. The molecule has 2 fully saturated rings. The molecule has 1 aliphatic heterocycles. The van der Waals surface area contributed by atoms with Crippen molar-refractivity contribution < 1.29 is 7.54 Å². The first-order valence-corrected chi connectivity index (χ1v) is 11.5. The summed E-state index contributed by atoms with van der Waals surface area (Å²) in [5.41, 5.74) is 1.21. The normalized spacial score (nSPS) is 21.9. The molecule has 1 saturated heterocycles. The highest BCUT2D eigenvalue weighted by atomic mass is 35.5. The van der Waals surface area contributed by atoms with E-state index in [4.69, 9.17) is 25.9 Å². The number of halogens is 2. The molecule has 0 unspecified atom stereocenters. The van der Waals surface area contributed by atoms with Gasteiger partial charge >= 0.3 is 6.03 Å². The number of carbonyl (C=O) groups is 1. The standard InChI is InChI=1S/C23H25Cl2N7O/c1-14(2)18-11-30(3)22(33)32(18)20-4-7-26-21(28-20)29-23(5-6-23)19-12-31(13-27-19)17-9-15(24)8-16(25)10-17/h4,7-10,12-14,18H,5-6,11H2,1-3H3,(H,26,28,29)/t18-/m1/s1/i11D2. The van der Waals surface area contributed by atoms with E-state index in [1.54, 1.807) is 24.7 Å². The number of aromatic nitrogens is 4. The van der Waals surface area contributed by atoms with Crippen LogP contribution in [0.5, 0.6) is 0 Å². The van der Waals surface area contributed by atoms with Crippen LogP contribution in [-0.4, -0.2) is 50.0 Å². The molecule has 3 aromatic rings. The summed E-state index contributed by atoms with van der Waals surface area (Å²) in [6, 6.07) is 5.82. The number of imidazole rings is 1. The van der Waals surface area contributed by atoms with Crippen molar-refractivity contribution in [1.82, 2.24) is 24.4 Å². The fraction of sp³-hybridized carbons (Fsp3) is 0.391. The van der Waals surface area contributed by atoms with Gasteiger partial charge in [-0.2, -0.15) is 4.98 Å². The lowest BCUT2D eigenvalue weighted by Gasteiger charge is -2.25.